The van der Waals surface area contributed by atoms with Crippen LogP contribution in [0.4, 0.5) is 0 Å². The molecule has 1 unspecified atom stereocenters. The van der Waals surface area contributed by atoms with Crippen molar-refractivity contribution in [2.75, 3.05) is 19.8 Å². The normalized spacial score (nSPS) is 18.6. The first-order chi connectivity index (χ1) is 9.00. The van der Waals surface area contributed by atoms with Gasteiger partial charge < -0.3 is 15.0 Å². The Hall–Kier alpha value is -1.62. The number of carbonyl (C=O) groups is 2. The summed E-state index contributed by atoms with van der Waals surface area (Å²) in [6.07, 6.45) is 0.988. The summed E-state index contributed by atoms with van der Waals surface area (Å²) in [4.78, 5) is 26.6. The van der Waals surface area contributed by atoms with Crippen LogP contribution in [-0.2, 0) is 4.74 Å². The van der Waals surface area contributed by atoms with Crippen molar-refractivity contribution in [2.45, 2.75) is 27.2 Å². The molecule has 0 radical (unpaired) electrons. The predicted molar refractivity (Wildman–Crippen MR) is 71.5 cm³/mol. The molecule has 5 nitrogen and oxygen atoms in total. The van der Waals surface area contributed by atoms with Crippen LogP contribution < -0.4 is 5.32 Å². The molecule has 0 saturated carbocycles. The molecule has 2 heterocycles. The summed E-state index contributed by atoms with van der Waals surface area (Å²) in [5.41, 5.74) is 2.58. The molecular weight excluding hydrogens is 244 g/mol. The van der Waals surface area contributed by atoms with Crippen molar-refractivity contribution in [3.05, 3.63) is 22.5 Å². The van der Waals surface area contributed by atoms with E-state index in [1.54, 1.807) is 6.92 Å². The van der Waals surface area contributed by atoms with Gasteiger partial charge in [-0.15, -0.1) is 0 Å². The van der Waals surface area contributed by atoms with Crippen LogP contribution in [0, 0.1) is 19.8 Å². The van der Waals surface area contributed by atoms with E-state index in [0.717, 1.165) is 24.3 Å². The number of carbonyl (C=O) groups excluding carboxylic acids is 2. The molecule has 1 saturated heterocycles. The minimum absolute atomic E-state index is 0.0190. The third kappa shape index (κ3) is 2.87. The zero-order chi connectivity index (χ0) is 14.0. The van der Waals surface area contributed by atoms with E-state index in [0.29, 0.717) is 30.3 Å². The first-order valence-corrected chi connectivity index (χ1v) is 6.56. The van der Waals surface area contributed by atoms with Gasteiger partial charge in [-0.2, -0.15) is 0 Å². The molecule has 1 aromatic heterocycles. The van der Waals surface area contributed by atoms with E-state index in [4.69, 9.17) is 4.74 Å². The highest BCUT2D eigenvalue weighted by molar-refractivity contribution is 6.02. The van der Waals surface area contributed by atoms with Crippen molar-refractivity contribution < 1.29 is 14.3 Å². The largest absolute Gasteiger partial charge is 0.381 e. The fourth-order valence-corrected chi connectivity index (χ4v) is 2.57. The Labute approximate surface area is 112 Å². The van der Waals surface area contributed by atoms with Crippen molar-refractivity contribution in [2.24, 2.45) is 5.92 Å². The third-order valence-electron chi connectivity index (χ3n) is 3.59. The van der Waals surface area contributed by atoms with Crippen molar-refractivity contribution in [3.8, 4) is 0 Å². The maximum atomic E-state index is 12.1. The monoisotopic (exact) mass is 264 g/mol. The molecule has 19 heavy (non-hydrogen) atoms. The van der Waals surface area contributed by atoms with Crippen molar-refractivity contribution in [3.63, 3.8) is 0 Å². The molecular formula is C14H20N2O3. The summed E-state index contributed by atoms with van der Waals surface area (Å²) in [7, 11) is 0. The summed E-state index contributed by atoms with van der Waals surface area (Å²) in [6, 6.07) is 0. The number of nitrogens with one attached hydrogen (secondary N) is 2. The lowest BCUT2D eigenvalue weighted by Crippen LogP contribution is -2.30. The van der Waals surface area contributed by atoms with E-state index in [1.807, 2.05) is 6.92 Å². The van der Waals surface area contributed by atoms with E-state index >= 15 is 0 Å². The highest BCUT2D eigenvalue weighted by atomic mass is 16.5. The van der Waals surface area contributed by atoms with Crippen LogP contribution in [0.5, 0.6) is 0 Å². The van der Waals surface area contributed by atoms with Crippen LogP contribution >= 0.6 is 0 Å². The number of aromatic amines is 1. The summed E-state index contributed by atoms with van der Waals surface area (Å²) < 4.78 is 5.27. The molecule has 1 aromatic rings. The third-order valence-corrected chi connectivity index (χ3v) is 3.59. The Kier molecular flexibility index (Phi) is 4.04. The van der Waals surface area contributed by atoms with Crippen LogP contribution in [0.2, 0.25) is 0 Å². The van der Waals surface area contributed by atoms with Crippen LogP contribution in [0.15, 0.2) is 0 Å². The van der Waals surface area contributed by atoms with Gasteiger partial charge in [-0.05, 0) is 32.8 Å². The number of hydrogen-bond acceptors (Lipinski definition) is 3. The zero-order valence-electron chi connectivity index (χ0n) is 11.6. The maximum Gasteiger partial charge on any atom is 0.268 e. The summed E-state index contributed by atoms with van der Waals surface area (Å²) in [5, 5.41) is 2.90. The Bertz CT molecular complexity index is 499. The number of rotatable bonds is 4. The highest BCUT2D eigenvalue weighted by Crippen LogP contribution is 2.18. The van der Waals surface area contributed by atoms with E-state index in [9.17, 15) is 9.59 Å². The minimum Gasteiger partial charge on any atom is -0.381 e. The lowest BCUT2D eigenvalue weighted by atomic mass is 10.1. The van der Waals surface area contributed by atoms with Crippen molar-refractivity contribution in [1.82, 2.24) is 10.3 Å². The number of hydrogen-bond donors (Lipinski definition) is 2. The van der Waals surface area contributed by atoms with Gasteiger partial charge in [0.05, 0.1) is 6.61 Å². The van der Waals surface area contributed by atoms with Gasteiger partial charge in [0, 0.05) is 30.3 Å². The van der Waals surface area contributed by atoms with Crippen LogP contribution in [-0.4, -0.2) is 36.4 Å². The minimum atomic E-state index is -0.153. The van der Waals surface area contributed by atoms with Gasteiger partial charge in [-0.25, -0.2) is 0 Å². The molecule has 1 aliphatic heterocycles. The number of aromatic nitrogens is 1. The average molecular weight is 264 g/mol. The van der Waals surface area contributed by atoms with Gasteiger partial charge in [-0.1, -0.05) is 0 Å². The van der Waals surface area contributed by atoms with Gasteiger partial charge >= 0.3 is 0 Å². The van der Waals surface area contributed by atoms with Crippen LogP contribution in [0.3, 0.4) is 0 Å². The Morgan fingerprint density at radius 1 is 1.42 bits per heavy atom. The number of H-pyrrole nitrogens is 1. The maximum absolute atomic E-state index is 12.1. The molecule has 0 aromatic carbocycles. The average Bonchev–Trinajstić information content (AvgIpc) is 2.94. The van der Waals surface area contributed by atoms with Crippen LogP contribution in [0.1, 0.15) is 45.4 Å². The molecule has 1 atom stereocenters. The number of ketones is 1. The molecule has 2 N–H and O–H groups in total. The van der Waals surface area contributed by atoms with E-state index in [1.165, 1.54) is 6.92 Å². The van der Waals surface area contributed by atoms with Gasteiger partial charge in [-0.3, -0.25) is 9.59 Å². The molecule has 104 valence electrons. The number of Topliss-reactive ketones (excluding diaryl/α,β-unsaturated/α-hetero) is 1. The smallest absolute Gasteiger partial charge is 0.268 e. The van der Waals surface area contributed by atoms with E-state index < -0.39 is 0 Å². The molecule has 2 rings (SSSR count). The number of amides is 1. The summed E-state index contributed by atoms with van der Waals surface area (Å²) in [6.45, 7) is 7.23. The molecule has 5 heteroatoms. The van der Waals surface area contributed by atoms with Crippen molar-refractivity contribution in [1.29, 1.82) is 0 Å². The summed E-state index contributed by atoms with van der Waals surface area (Å²) in [5.74, 6) is 0.224. The van der Waals surface area contributed by atoms with Gasteiger partial charge in [0.15, 0.2) is 5.78 Å². The molecule has 0 bridgehead atoms. The molecule has 1 aliphatic rings. The van der Waals surface area contributed by atoms with Gasteiger partial charge in [0.1, 0.15) is 5.69 Å². The molecule has 0 aliphatic carbocycles. The SMILES string of the molecule is CC(=O)c1c(C)[nH]c(C(=O)NCC2CCOC2)c1C. The zero-order valence-corrected chi connectivity index (χ0v) is 11.6. The number of aryl methyl sites for hydroxylation is 1. The second-order valence-corrected chi connectivity index (χ2v) is 5.12. The lowest BCUT2D eigenvalue weighted by Gasteiger charge is -2.09. The van der Waals surface area contributed by atoms with Crippen LogP contribution in [0.25, 0.3) is 0 Å². The summed E-state index contributed by atoms with van der Waals surface area (Å²) >= 11 is 0. The Balaban J connectivity index is 2.06. The fourth-order valence-electron chi connectivity index (χ4n) is 2.57. The van der Waals surface area contributed by atoms with Gasteiger partial charge in [0.2, 0.25) is 0 Å². The standard InChI is InChI=1S/C14H20N2O3/c1-8-12(10(3)17)9(2)16-13(8)14(18)15-6-11-4-5-19-7-11/h11,16H,4-7H2,1-3H3,(H,15,18). The van der Waals surface area contributed by atoms with Gasteiger partial charge in [0.25, 0.3) is 5.91 Å². The van der Waals surface area contributed by atoms with E-state index in [-0.39, 0.29) is 11.7 Å². The second-order valence-electron chi connectivity index (χ2n) is 5.12. The fraction of sp³-hybridized carbons (Fsp3) is 0.571. The topological polar surface area (TPSA) is 71.2 Å². The van der Waals surface area contributed by atoms with Crippen molar-refractivity contribution >= 4 is 11.7 Å². The first-order valence-electron chi connectivity index (χ1n) is 6.56. The lowest BCUT2D eigenvalue weighted by molar-refractivity contribution is 0.0939. The quantitative estimate of drug-likeness (QED) is 0.811. The predicted octanol–water partition coefficient (Wildman–Crippen LogP) is 1.60. The number of ether oxygens (including phenoxy) is 1. The molecule has 1 fully saturated rings. The second kappa shape index (κ2) is 5.57. The molecule has 0 spiro atoms. The first kappa shape index (κ1) is 13.8. The Morgan fingerprint density at radius 3 is 2.68 bits per heavy atom. The highest BCUT2D eigenvalue weighted by Gasteiger charge is 2.21. The van der Waals surface area contributed by atoms with E-state index in [2.05, 4.69) is 10.3 Å². The Morgan fingerprint density at radius 2 is 2.16 bits per heavy atom. The molecule has 1 amide bonds.